The van der Waals surface area contributed by atoms with E-state index in [0.717, 1.165) is 25.7 Å². The number of carboxylic acid groups (broad SMARTS) is 1. The quantitative estimate of drug-likeness (QED) is 0.354. The first kappa shape index (κ1) is 31.4. The number of amides is 4. The summed E-state index contributed by atoms with van der Waals surface area (Å²) in [5.74, 6) is -1.79. The molecule has 1 aliphatic carbocycles. The number of carbonyl (C=O) groups is 5. The Kier molecular flexibility index (Phi) is 11.0. The van der Waals surface area contributed by atoms with Gasteiger partial charge in [-0.3, -0.25) is 19.2 Å². The summed E-state index contributed by atoms with van der Waals surface area (Å²) in [5.41, 5.74) is 0.548. The maximum Gasteiger partial charge on any atom is 0.409 e. The molecule has 3 N–H and O–H groups in total. The number of nitrogens with one attached hydrogen (secondary N) is 2. The summed E-state index contributed by atoms with van der Waals surface area (Å²) in [6, 6.07) is 9.18. The number of ether oxygens (including phenoxy) is 1. The molecule has 2 aliphatic rings. The Balaban J connectivity index is 1.51. The Morgan fingerprint density at radius 3 is 2.33 bits per heavy atom. The number of hydrogen-bond acceptors (Lipinski definition) is 8. The van der Waals surface area contributed by atoms with Crippen LogP contribution >= 0.6 is 0 Å². The number of piperazine rings is 1. The summed E-state index contributed by atoms with van der Waals surface area (Å²) >= 11 is 0. The second-order valence-electron chi connectivity index (χ2n) is 10.7. The van der Waals surface area contributed by atoms with Gasteiger partial charge in [0.15, 0.2) is 5.82 Å². The van der Waals surface area contributed by atoms with Crippen LogP contribution in [0.4, 0.5) is 10.6 Å². The van der Waals surface area contributed by atoms with E-state index >= 15 is 0 Å². The van der Waals surface area contributed by atoms with Crippen LogP contribution in [0.25, 0.3) is 11.4 Å². The maximum absolute atomic E-state index is 13.5. The average Bonchev–Trinajstić information content (AvgIpc) is 3.52. The molecule has 4 rings (SSSR count). The third-order valence-electron chi connectivity index (χ3n) is 7.57. The lowest BCUT2D eigenvalue weighted by Gasteiger charge is -2.35. The van der Waals surface area contributed by atoms with Crippen LogP contribution in [-0.4, -0.2) is 93.5 Å². The van der Waals surface area contributed by atoms with Crippen molar-refractivity contribution in [1.29, 1.82) is 0 Å². The van der Waals surface area contributed by atoms with E-state index in [1.807, 2.05) is 6.07 Å². The highest BCUT2D eigenvalue weighted by molar-refractivity contribution is 5.98. The second-order valence-corrected chi connectivity index (χ2v) is 10.7. The number of carbonyl (C=O) groups excluding carboxylic acids is 4. The molecule has 13 heteroatoms. The SMILES string of the molecule is CCOC(=O)N1CCN(C(=O)C(CCC(=O)O)NC(=O)c2cc(NC(=O)CC3CCCC3)nc(-c3ccccc3)n2)CC1. The van der Waals surface area contributed by atoms with Gasteiger partial charge in [0.25, 0.3) is 5.91 Å². The largest absolute Gasteiger partial charge is 0.481 e. The molecule has 4 amide bonds. The van der Waals surface area contributed by atoms with Gasteiger partial charge in [-0.2, -0.15) is 0 Å². The standard InChI is InChI=1S/C30H38N6O7/c1-2-43-30(42)36-16-14-35(15-17-36)29(41)22(12-13-26(38)39)32-28(40)23-19-24(33-25(37)18-20-8-6-7-9-20)34-27(31-23)21-10-4-3-5-11-21/h3-5,10-11,19-20,22H,2,6-9,12-18H2,1H3,(H,32,40)(H,38,39)(H,31,33,34,37). The first-order valence-corrected chi connectivity index (χ1v) is 14.7. The van der Waals surface area contributed by atoms with Crippen molar-refractivity contribution in [3.8, 4) is 11.4 Å². The predicted octanol–water partition coefficient (Wildman–Crippen LogP) is 2.93. The summed E-state index contributed by atoms with van der Waals surface area (Å²) in [7, 11) is 0. The van der Waals surface area contributed by atoms with Gasteiger partial charge in [-0.05, 0) is 32.1 Å². The monoisotopic (exact) mass is 594 g/mol. The lowest BCUT2D eigenvalue weighted by atomic mass is 10.0. The number of nitrogens with zero attached hydrogens (tertiary/aromatic N) is 4. The summed E-state index contributed by atoms with van der Waals surface area (Å²) in [4.78, 5) is 75.0. The van der Waals surface area contributed by atoms with E-state index in [1.54, 1.807) is 31.2 Å². The minimum atomic E-state index is -1.15. The molecule has 2 aromatic rings. The van der Waals surface area contributed by atoms with Gasteiger partial charge in [0, 0.05) is 50.7 Å². The zero-order chi connectivity index (χ0) is 30.8. The van der Waals surface area contributed by atoms with E-state index in [4.69, 9.17) is 4.74 Å². The minimum Gasteiger partial charge on any atom is -0.481 e. The number of aliphatic carboxylic acids is 1. The lowest BCUT2D eigenvalue weighted by Crippen LogP contribution is -2.56. The lowest BCUT2D eigenvalue weighted by molar-refractivity contribution is -0.138. The van der Waals surface area contributed by atoms with Crippen molar-refractivity contribution in [1.82, 2.24) is 25.1 Å². The molecule has 1 aliphatic heterocycles. The summed E-state index contributed by atoms with van der Waals surface area (Å²) in [6.07, 6.45) is 3.64. The number of benzene rings is 1. The Hall–Kier alpha value is -4.55. The van der Waals surface area contributed by atoms with Gasteiger partial charge in [0.1, 0.15) is 17.6 Å². The fourth-order valence-electron chi connectivity index (χ4n) is 5.32. The van der Waals surface area contributed by atoms with Crippen LogP contribution in [0.1, 0.15) is 62.4 Å². The van der Waals surface area contributed by atoms with Crippen LogP contribution in [0, 0.1) is 5.92 Å². The van der Waals surface area contributed by atoms with Crippen LogP contribution < -0.4 is 10.6 Å². The van der Waals surface area contributed by atoms with Gasteiger partial charge in [-0.1, -0.05) is 43.2 Å². The molecule has 13 nitrogen and oxygen atoms in total. The molecule has 0 spiro atoms. The molecule has 2 fully saturated rings. The zero-order valence-electron chi connectivity index (χ0n) is 24.3. The molecule has 2 heterocycles. The van der Waals surface area contributed by atoms with Gasteiger partial charge in [0.05, 0.1) is 6.61 Å². The highest BCUT2D eigenvalue weighted by Crippen LogP contribution is 2.28. The van der Waals surface area contributed by atoms with Crippen LogP contribution in [0.2, 0.25) is 0 Å². The molecular weight excluding hydrogens is 556 g/mol. The highest BCUT2D eigenvalue weighted by atomic mass is 16.6. The van der Waals surface area contributed by atoms with Crippen molar-refractivity contribution in [3.05, 3.63) is 42.1 Å². The molecule has 0 radical (unpaired) electrons. The molecule has 1 saturated carbocycles. The molecule has 1 aromatic heterocycles. The third kappa shape index (κ3) is 8.97. The van der Waals surface area contributed by atoms with Crippen molar-refractivity contribution in [2.75, 3.05) is 38.1 Å². The van der Waals surface area contributed by atoms with E-state index < -0.39 is 29.9 Å². The zero-order valence-corrected chi connectivity index (χ0v) is 24.3. The van der Waals surface area contributed by atoms with Gasteiger partial charge in [-0.15, -0.1) is 0 Å². The minimum absolute atomic E-state index is 0.0784. The average molecular weight is 595 g/mol. The van der Waals surface area contributed by atoms with Crippen molar-refractivity contribution >= 4 is 35.6 Å². The molecular formula is C30H38N6O7. The topological polar surface area (TPSA) is 171 Å². The summed E-state index contributed by atoms with van der Waals surface area (Å²) in [6.45, 7) is 2.87. The molecule has 1 saturated heterocycles. The fraction of sp³-hybridized carbons (Fsp3) is 0.500. The van der Waals surface area contributed by atoms with E-state index in [2.05, 4.69) is 20.6 Å². The van der Waals surface area contributed by atoms with Crippen molar-refractivity contribution < 1.29 is 33.8 Å². The van der Waals surface area contributed by atoms with Crippen molar-refractivity contribution in [2.24, 2.45) is 5.92 Å². The van der Waals surface area contributed by atoms with E-state index in [0.29, 0.717) is 17.9 Å². The number of anilines is 1. The van der Waals surface area contributed by atoms with Gasteiger partial charge < -0.3 is 30.3 Å². The number of rotatable bonds is 11. The normalized spacial score (nSPS) is 15.9. The van der Waals surface area contributed by atoms with Crippen LogP contribution in [0.15, 0.2) is 36.4 Å². The first-order valence-electron chi connectivity index (χ1n) is 14.7. The number of aromatic nitrogens is 2. The van der Waals surface area contributed by atoms with Crippen molar-refractivity contribution in [3.63, 3.8) is 0 Å². The Morgan fingerprint density at radius 2 is 1.67 bits per heavy atom. The fourth-order valence-corrected chi connectivity index (χ4v) is 5.32. The molecule has 1 unspecified atom stereocenters. The molecule has 1 aromatic carbocycles. The van der Waals surface area contributed by atoms with Crippen LogP contribution in [0.3, 0.4) is 0 Å². The molecule has 1 atom stereocenters. The van der Waals surface area contributed by atoms with Gasteiger partial charge in [-0.25, -0.2) is 14.8 Å². The molecule has 43 heavy (non-hydrogen) atoms. The Bertz CT molecular complexity index is 1310. The van der Waals surface area contributed by atoms with Crippen molar-refractivity contribution in [2.45, 2.75) is 57.9 Å². The summed E-state index contributed by atoms with van der Waals surface area (Å²) < 4.78 is 5.02. The third-order valence-corrected chi connectivity index (χ3v) is 7.57. The van der Waals surface area contributed by atoms with E-state index in [1.165, 1.54) is 15.9 Å². The Morgan fingerprint density at radius 1 is 1.00 bits per heavy atom. The maximum atomic E-state index is 13.5. The Labute approximate surface area is 250 Å². The van der Waals surface area contributed by atoms with Crippen LogP contribution in [-0.2, 0) is 19.1 Å². The van der Waals surface area contributed by atoms with E-state index in [-0.39, 0.29) is 68.9 Å². The highest BCUT2D eigenvalue weighted by Gasteiger charge is 2.31. The smallest absolute Gasteiger partial charge is 0.409 e. The number of hydrogen-bond donors (Lipinski definition) is 3. The van der Waals surface area contributed by atoms with Crippen LogP contribution in [0.5, 0.6) is 0 Å². The number of carboxylic acids is 1. The second kappa shape index (κ2) is 15.1. The van der Waals surface area contributed by atoms with Gasteiger partial charge >= 0.3 is 12.1 Å². The van der Waals surface area contributed by atoms with Gasteiger partial charge in [0.2, 0.25) is 11.8 Å². The molecule has 230 valence electrons. The molecule has 0 bridgehead atoms. The summed E-state index contributed by atoms with van der Waals surface area (Å²) in [5, 5.41) is 14.7. The predicted molar refractivity (Wildman–Crippen MR) is 156 cm³/mol. The first-order chi connectivity index (χ1) is 20.7. The van der Waals surface area contributed by atoms with E-state index in [9.17, 15) is 29.1 Å².